The molecule has 0 saturated carbocycles. The van der Waals surface area contributed by atoms with Gasteiger partial charge in [-0.2, -0.15) is 0 Å². The van der Waals surface area contributed by atoms with Crippen molar-refractivity contribution >= 4 is 29.1 Å². The minimum absolute atomic E-state index is 0.0545. The van der Waals surface area contributed by atoms with Crippen LogP contribution in [0.15, 0.2) is 42.5 Å². The van der Waals surface area contributed by atoms with Gasteiger partial charge in [0.1, 0.15) is 11.6 Å². The van der Waals surface area contributed by atoms with E-state index in [2.05, 4.69) is 5.32 Å². The number of hydrogen-bond donors (Lipinski definition) is 1. The molecule has 2 aromatic rings. The minimum atomic E-state index is -0.416. The molecule has 7 heteroatoms. The van der Waals surface area contributed by atoms with E-state index in [0.29, 0.717) is 22.0 Å². The van der Waals surface area contributed by atoms with E-state index < -0.39 is 5.82 Å². The van der Waals surface area contributed by atoms with Crippen LogP contribution >= 0.6 is 11.6 Å². The Morgan fingerprint density at radius 2 is 1.96 bits per heavy atom. The van der Waals surface area contributed by atoms with Gasteiger partial charge in [0.15, 0.2) is 0 Å². The van der Waals surface area contributed by atoms with E-state index in [1.54, 1.807) is 36.4 Å². The topological polar surface area (TPSA) is 58.6 Å². The molecule has 26 heavy (non-hydrogen) atoms. The summed E-state index contributed by atoms with van der Waals surface area (Å²) in [5, 5.41) is 3.08. The fourth-order valence-electron chi connectivity index (χ4n) is 2.48. The molecule has 0 unspecified atom stereocenters. The SMILES string of the molecule is COc1ccc(N(CCNC(=O)Cc2ccccc2F)C(C)=O)cc1Cl. The summed E-state index contributed by atoms with van der Waals surface area (Å²) in [6.45, 7) is 1.93. The van der Waals surface area contributed by atoms with Crippen LogP contribution in [-0.4, -0.2) is 32.0 Å². The van der Waals surface area contributed by atoms with Crippen LogP contribution < -0.4 is 15.0 Å². The van der Waals surface area contributed by atoms with Crippen molar-refractivity contribution in [3.63, 3.8) is 0 Å². The van der Waals surface area contributed by atoms with Crippen molar-refractivity contribution in [1.29, 1.82) is 0 Å². The molecular formula is C19H20ClFN2O3. The molecule has 0 radical (unpaired) electrons. The molecule has 138 valence electrons. The lowest BCUT2D eigenvalue weighted by Crippen LogP contribution is -2.38. The first kappa shape index (κ1) is 19.7. The average molecular weight is 379 g/mol. The van der Waals surface area contributed by atoms with Gasteiger partial charge >= 0.3 is 0 Å². The van der Waals surface area contributed by atoms with Crippen molar-refractivity contribution < 1.29 is 18.7 Å². The van der Waals surface area contributed by atoms with Crippen LogP contribution in [0.3, 0.4) is 0 Å². The van der Waals surface area contributed by atoms with Gasteiger partial charge in [0.2, 0.25) is 11.8 Å². The van der Waals surface area contributed by atoms with E-state index >= 15 is 0 Å². The zero-order valence-electron chi connectivity index (χ0n) is 14.6. The molecule has 0 aromatic heterocycles. The largest absolute Gasteiger partial charge is 0.495 e. The molecule has 0 aliphatic carbocycles. The van der Waals surface area contributed by atoms with Gasteiger partial charge in [-0.1, -0.05) is 29.8 Å². The molecule has 0 aliphatic rings. The fourth-order valence-corrected chi connectivity index (χ4v) is 2.73. The third-order valence-electron chi connectivity index (χ3n) is 3.79. The first-order chi connectivity index (χ1) is 12.4. The highest BCUT2D eigenvalue weighted by Gasteiger charge is 2.14. The predicted octanol–water partition coefficient (Wildman–Crippen LogP) is 3.20. The lowest BCUT2D eigenvalue weighted by Gasteiger charge is -2.22. The third kappa shape index (κ3) is 5.20. The van der Waals surface area contributed by atoms with E-state index in [4.69, 9.17) is 16.3 Å². The Morgan fingerprint density at radius 3 is 2.58 bits per heavy atom. The van der Waals surface area contributed by atoms with Crippen LogP contribution in [0.2, 0.25) is 5.02 Å². The highest BCUT2D eigenvalue weighted by atomic mass is 35.5. The maximum Gasteiger partial charge on any atom is 0.224 e. The Labute approximate surface area is 156 Å². The minimum Gasteiger partial charge on any atom is -0.495 e. The number of methoxy groups -OCH3 is 1. The maximum absolute atomic E-state index is 13.6. The summed E-state index contributed by atoms with van der Waals surface area (Å²) in [5.41, 5.74) is 0.932. The fraction of sp³-hybridized carbons (Fsp3) is 0.263. The second kappa shape index (κ2) is 9.20. The van der Waals surface area contributed by atoms with E-state index in [1.165, 1.54) is 25.0 Å². The zero-order valence-corrected chi connectivity index (χ0v) is 15.3. The number of benzene rings is 2. The standard InChI is InChI=1S/C19H20ClFN2O3/c1-13(24)23(15-7-8-18(26-2)16(20)12-15)10-9-22-19(25)11-14-5-3-4-6-17(14)21/h3-8,12H,9-11H2,1-2H3,(H,22,25). The Morgan fingerprint density at radius 1 is 1.23 bits per heavy atom. The molecule has 0 spiro atoms. The number of rotatable bonds is 7. The highest BCUT2D eigenvalue weighted by molar-refractivity contribution is 6.32. The van der Waals surface area contributed by atoms with Crippen LogP contribution in [0, 0.1) is 5.82 Å². The molecular weight excluding hydrogens is 359 g/mol. The molecule has 1 N–H and O–H groups in total. The number of anilines is 1. The molecule has 0 heterocycles. The molecule has 0 saturated heterocycles. The molecule has 0 aliphatic heterocycles. The highest BCUT2D eigenvalue weighted by Crippen LogP contribution is 2.29. The summed E-state index contributed by atoms with van der Waals surface area (Å²) >= 11 is 6.10. The van der Waals surface area contributed by atoms with Crippen molar-refractivity contribution in [1.82, 2.24) is 5.32 Å². The van der Waals surface area contributed by atoms with Crippen molar-refractivity contribution in [3.05, 3.63) is 58.9 Å². The lowest BCUT2D eigenvalue weighted by molar-refractivity contribution is -0.121. The van der Waals surface area contributed by atoms with Gasteiger partial charge in [0.25, 0.3) is 0 Å². The Balaban J connectivity index is 1.94. The first-order valence-electron chi connectivity index (χ1n) is 8.04. The van der Waals surface area contributed by atoms with Gasteiger partial charge in [-0.3, -0.25) is 9.59 Å². The van der Waals surface area contributed by atoms with Crippen molar-refractivity contribution in [2.24, 2.45) is 0 Å². The van der Waals surface area contributed by atoms with Gasteiger partial charge in [0, 0.05) is 25.7 Å². The van der Waals surface area contributed by atoms with Crippen LogP contribution in [0.4, 0.5) is 10.1 Å². The van der Waals surface area contributed by atoms with Gasteiger partial charge in [0.05, 0.1) is 18.6 Å². The second-order valence-corrected chi connectivity index (χ2v) is 6.01. The normalized spacial score (nSPS) is 10.3. The number of amides is 2. The number of nitrogens with one attached hydrogen (secondary N) is 1. The Kier molecular flexibility index (Phi) is 6.97. The smallest absolute Gasteiger partial charge is 0.224 e. The monoisotopic (exact) mass is 378 g/mol. The van der Waals surface area contributed by atoms with Crippen molar-refractivity contribution in [3.8, 4) is 5.75 Å². The molecule has 0 atom stereocenters. The molecule has 5 nitrogen and oxygen atoms in total. The number of halogens is 2. The zero-order chi connectivity index (χ0) is 19.1. The second-order valence-electron chi connectivity index (χ2n) is 5.61. The number of carbonyl (C=O) groups is 2. The number of hydrogen-bond acceptors (Lipinski definition) is 3. The average Bonchev–Trinajstić information content (AvgIpc) is 2.60. The van der Waals surface area contributed by atoms with Crippen LogP contribution in [0.1, 0.15) is 12.5 Å². The Bertz CT molecular complexity index is 798. The van der Waals surface area contributed by atoms with Crippen LogP contribution in [0.5, 0.6) is 5.75 Å². The lowest BCUT2D eigenvalue weighted by atomic mass is 10.1. The quantitative estimate of drug-likeness (QED) is 0.805. The van der Waals surface area contributed by atoms with Crippen molar-refractivity contribution in [2.75, 3.05) is 25.1 Å². The summed E-state index contributed by atoms with van der Waals surface area (Å²) in [4.78, 5) is 25.4. The van der Waals surface area contributed by atoms with Crippen LogP contribution in [0.25, 0.3) is 0 Å². The molecule has 0 bridgehead atoms. The third-order valence-corrected chi connectivity index (χ3v) is 4.09. The molecule has 0 fully saturated rings. The number of carbonyl (C=O) groups excluding carboxylic acids is 2. The van der Waals surface area contributed by atoms with Gasteiger partial charge in [-0.25, -0.2) is 4.39 Å². The predicted molar refractivity (Wildman–Crippen MR) is 99.1 cm³/mol. The summed E-state index contributed by atoms with van der Waals surface area (Å²) in [7, 11) is 1.51. The summed E-state index contributed by atoms with van der Waals surface area (Å²) in [6.07, 6.45) is -0.0545. The number of ether oxygens (including phenoxy) is 1. The van der Waals surface area contributed by atoms with Crippen molar-refractivity contribution in [2.45, 2.75) is 13.3 Å². The van der Waals surface area contributed by atoms with Gasteiger partial charge in [-0.05, 0) is 29.8 Å². The van der Waals surface area contributed by atoms with E-state index in [-0.39, 0.29) is 31.3 Å². The van der Waals surface area contributed by atoms with Crippen LogP contribution in [-0.2, 0) is 16.0 Å². The Hall–Kier alpha value is -2.60. The molecule has 2 aromatic carbocycles. The maximum atomic E-state index is 13.6. The summed E-state index contributed by atoms with van der Waals surface area (Å²) < 4.78 is 18.7. The van der Waals surface area contributed by atoms with Gasteiger partial charge < -0.3 is 15.0 Å². The van der Waals surface area contributed by atoms with E-state index in [0.717, 1.165) is 0 Å². The molecule has 2 rings (SSSR count). The first-order valence-corrected chi connectivity index (χ1v) is 8.42. The number of nitrogens with zero attached hydrogens (tertiary/aromatic N) is 1. The summed E-state index contributed by atoms with van der Waals surface area (Å²) in [5.74, 6) is -0.404. The van der Waals surface area contributed by atoms with E-state index in [1.807, 2.05) is 0 Å². The summed E-state index contributed by atoms with van der Waals surface area (Å²) in [6, 6.07) is 11.1. The molecule has 2 amide bonds. The van der Waals surface area contributed by atoms with Gasteiger partial charge in [-0.15, -0.1) is 0 Å². The van der Waals surface area contributed by atoms with E-state index in [9.17, 15) is 14.0 Å².